The standard InChI is InChI=1S/C20H20N2O5S/c23-17(22-20(25)21-13-5-1-2-6-13)11-27-19(24)16-9-12-10-26-15-8-4-3-7-14(15)18(12)28-16/h3-4,7-9,13H,1-2,5-6,10-11H2,(H2,21,22,23,25). The maximum absolute atomic E-state index is 12.3. The zero-order valence-electron chi connectivity index (χ0n) is 15.2. The fourth-order valence-corrected chi connectivity index (χ4v) is 4.55. The normalized spacial score (nSPS) is 15.1. The number of rotatable bonds is 4. The van der Waals surface area contributed by atoms with Crippen LogP contribution in [0.25, 0.3) is 10.4 Å². The smallest absolute Gasteiger partial charge is 0.348 e. The Morgan fingerprint density at radius 3 is 2.79 bits per heavy atom. The van der Waals surface area contributed by atoms with Gasteiger partial charge < -0.3 is 14.8 Å². The van der Waals surface area contributed by atoms with Gasteiger partial charge in [-0.05, 0) is 31.0 Å². The topological polar surface area (TPSA) is 93.7 Å². The average Bonchev–Trinajstić information content (AvgIpc) is 3.35. The molecule has 8 heteroatoms. The van der Waals surface area contributed by atoms with Gasteiger partial charge in [0.05, 0.1) is 0 Å². The molecular formula is C20H20N2O5S. The number of hydrogen-bond acceptors (Lipinski definition) is 6. The summed E-state index contributed by atoms with van der Waals surface area (Å²) in [6.45, 7) is -0.121. The lowest BCUT2D eigenvalue weighted by atomic mass is 10.1. The molecule has 0 saturated heterocycles. The van der Waals surface area contributed by atoms with E-state index in [1.165, 1.54) is 11.3 Å². The van der Waals surface area contributed by atoms with Crippen LogP contribution in [0.3, 0.4) is 0 Å². The lowest BCUT2D eigenvalue weighted by molar-refractivity contribution is -0.123. The minimum Gasteiger partial charge on any atom is -0.488 e. The average molecular weight is 400 g/mol. The number of fused-ring (bicyclic) bond motifs is 3. The van der Waals surface area contributed by atoms with Crippen molar-refractivity contribution < 1.29 is 23.9 Å². The highest BCUT2D eigenvalue weighted by Gasteiger charge is 2.24. The molecule has 1 saturated carbocycles. The maximum Gasteiger partial charge on any atom is 0.348 e. The SMILES string of the molecule is O=C(COC(=O)c1cc2c(s1)-c1ccccc1OC2)NC(=O)NC1CCCC1. The maximum atomic E-state index is 12.3. The molecule has 0 radical (unpaired) electrons. The number of benzene rings is 1. The molecule has 3 amide bonds. The second kappa shape index (κ2) is 8.02. The van der Waals surface area contributed by atoms with Gasteiger partial charge in [0.2, 0.25) is 0 Å². The number of urea groups is 1. The van der Waals surface area contributed by atoms with Crippen LogP contribution in [0.4, 0.5) is 4.79 Å². The molecule has 28 heavy (non-hydrogen) atoms. The molecule has 2 N–H and O–H groups in total. The van der Waals surface area contributed by atoms with Crippen LogP contribution >= 0.6 is 11.3 Å². The summed E-state index contributed by atoms with van der Waals surface area (Å²) in [7, 11) is 0. The van der Waals surface area contributed by atoms with Crippen LogP contribution in [0.2, 0.25) is 0 Å². The number of nitrogens with one attached hydrogen (secondary N) is 2. The molecule has 1 fully saturated rings. The Labute approximate surface area is 166 Å². The molecule has 1 aromatic heterocycles. The summed E-state index contributed by atoms with van der Waals surface area (Å²) in [5.41, 5.74) is 1.85. The Balaban J connectivity index is 1.32. The summed E-state index contributed by atoms with van der Waals surface area (Å²) < 4.78 is 10.8. The van der Waals surface area contributed by atoms with Gasteiger partial charge in [-0.25, -0.2) is 9.59 Å². The molecule has 0 unspecified atom stereocenters. The van der Waals surface area contributed by atoms with Crippen molar-refractivity contribution in [3.63, 3.8) is 0 Å². The van der Waals surface area contributed by atoms with Gasteiger partial charge >= 0.3 is 12.0 Å². The van der Waals surface area contributed by atoms with Crippen molar-refractivity contribution in [2.45, 2.75) is 38.3 Å². The third kappa shape index (κ3) is 4.01. The number of carbonyl (C=O) groups excluding carboxylic acids is 3. The van der Waals surface area contributed by atoms with Crippen molar-refractivity contribution in [1.82, 2.24) is 10.6 Å². The molecule has 1 aromatic carbocycles. The Morgan fingerprint density at radius 1 is 1.18 bits per heavy atom. The molecule has 7 nitrogen and oxygen atoms in total. The summed E-state index contributed by atoms with van der Waals surface area (Å²) in [5.74, 6) is -0.466. The van der Waals surface area contributed by atoms with E-state index in [9.17, 15) is 14.4 Å². The number of hydrogen-bond donors (Lipinski definition) is 2. The van der Waals surface area contributed by atoms with Crippen molar-refractivity contribution in [3.8, 4) is 16.2 Å². The van der Waals surface area contributed by atoms with E-state index in [1.807, 2.05) is 24.3 Å². The monoisotopic (exact) mass is 400 g/mol. The second-order valence-electron chi connectivity index (χ2n) is 6.83. The minimum atomic E-state index is -0.654. The van der Waals surface area contributed by atoms with Gasteiger partial charge in [0.25, 0.3) is 5.91 Å². The van der Waals surface area contributed by atoms with Gasteiger partial charge in [-0.15, -0.1) is 11.3 Å². The van der Waals surface area contributed by atoms with Crippen LogP contribution in [-0.4, -0.2) is 30.6 Å². The van der Waals surface area contributed by atoms with Crippen LogP contribution in [0.15, 0.2) is 30.3 Å². The van der Waals surface area contributed by atoms with Crippen molar-refractivity contribution >= 4 is 29.2 Å². The first-order valence-corrected chi connectivity index (χ1v) is 10.0. The first-order chi connectivity index (χ1) is 13.6. The summed E-state index contributed by atoms with van der Waals surface area (Å²) in [5, 5.41) is 4.94. The molecule has 4 rings (SSSR count). The van der Waals surface area contributed by atoms with E-state index in [2.05, 4.69) is 10.6 Å². The largest absolute Gasteiger partial charge is 0.488 e. The van der Waals surface area contributed by atoms with Crippen LogP contribution < -0.4 is 15.4 Å². The van der Waals surface area contributed by atoms with Crippen LogP contribution in [0, 0.1) is 0 Å². The minimum absolute atomic E-state index is 0.109. The van der Waals surface area contributed by atoms with E-state index >= 15 is 0 Å². The molecule has 0 bridgehead atoms. The van der Waals surface area contributed by atoms with Gasteiger partial charge in [-0.2, -0.15) is 0 Å². The van der Waals surface area contributed by atoms with Crippen LogP contribution in [0.5, 0.6) is 5.75 Å². The van der Waals surface area contributed by atoms with Crippen molar-refractivity contribution in [1.29, 1.82) is 0 Å². The first kappa shape index (κ1) is 18.5. The Bertz CT molecular complexity index is 917. The number of para-hydroxylation sites is 1. The van der Waals surface area contributed by atoms with Crippen molar-refractivity contribution in [3.05, 3.63) is 40.8 Å². The summed E-state index contributed by atoms with van der Waals surface area (Å²) in [6.07, 6.45) is 4.01. The highest BCUT2D eigenvalue weighted by Crippen LogP contribution is 2.42. The van der Waals surface area contributed by atoms with E-state index in [0.717, 1.165) is 47.4 Å². The highest BCUT2D eigenvalue weighted by atomic mass is 32.1. The Morgan fingerprint density at radius 2 is 1.96 bits per heavy atom. The van der Waals surface area contributed by atoms with Gasteiger partial charge in [0.1, 0.15) is 17.2 Å². The molecule has 2 aromatic rings. The lowest BCUT2D eigenvalue weighted by Gasteiger charge is -2.16. The van der Waals surface area contributed by atoms with E-state index in [4.69, 9.17) is 9.47 Å². The molecule has 2 aliphatic rings. The molecule has 1 aliphatic carbocycles. The molecule has 2 heterocycles. The van der Waals surface area contributed by atoms with E-state index in [-0.39, 0.29) is 6.04 Å². The van der Waals surface area contributed by atoms with E-state index in [1.54, 1.807) is 6.07 Å². The number of amides is 3. The molecular weight excluding hydrogens is 380 g/mol. The predicted molar refractivity (Wildman–Crippen MR) is 103 cm³/mol. The van der Waals surface area contributed by atoms with Crippen molar-refractivity contribution in [2.24, 2.45) is 0 Å². The molecule has 1 aliphatic heterocycles. The highest BCUT2D eigenvalue weighted by molar-refractivity contribution is 7.17. The number of thiophene rings is 1. The van der Waals surface area contributed by atoms with Crippen LogP contribution in [-0.2, 0) is 16.1 Å². The zero-order chi connectivity index (χ0) is 19.5. The quantitative estimate of drug-likeness (QED) is 0.769. The van der Waals surface area contributed by atoms with Gasteiger partial charge in [0, 0.05) is 22.0 Å². The fourth-order valence-electron chi connectivity index (χ4n) is 3.46. The van der Waals surface area contributed by atoms with E-state index in [0.29, 0.717) is 11.5 Å². The zero-order valence-corrected chi connectivity index (χ0v) is 16.0. The number of imide groups is 1. The van der Waals surface area contributed by atoms with Crippen LogP contribution in [0.1, 0.15) is 40.9 Å². The number of ether oxygens (including phenoxy) is 2. The number of esters is 1. The fraction of sp³-hybridized carbons (Fsp3) is 0.350. The third-order valence-corrected chi connectivity index (χ3v) is 5.99. The van der Waals surface area contributed by atoms with Gasteiger partial charge in [-0.1, -0.05) is 25.0 Å². The van der Waals surface area contributed by atoms with Crippen molar-refractivity contribution in [2.75, 3.05) is 6.61 Å². The summed E-state index contributed by atoms with van der Waals surface area (Å²) in [4.78, 5) is 37.3. The van der Waals surface area contributed by atoms with E-state index < -0.39 is 24.5 Å². The molecule has 0 atom stereocenters. The molecule has 0 spiro atoms. The number of carbonyl (C=O) groups is 3. The van der Waals surface area contributed by atoms with Gasteiger partial charge in [0.15, 0.2) is 6.61 Å². The van der Waals surface area contributed by atoms with Gasteiger partial charge in [-0.3, -0.25) is 10.1 Å². The second-order valence-corrected chi connectivity index (χ2v) is 7.88. The third-order valence-electron chi connectivity index (χ3n) is 4.80. The summed E-state index contributed by atoms with van der Waals surface area (Å²) >= 11 is 1.31. The Kier molecular flexibility index (Phi) is 5.29. The first-order valence-electron chi connectivity index (χ1n) is 9.22. The Hall–Kier alpha value is -2.87. The summed E-state index contributed by atoms with van der Waals surface area (Å²) in [6, 6.07) is 8.92. The lowest BCUT2D eigenvalue weighted by Crippen LogP contribution is -2.44. The predicted octanol–water partition coefficient (Wildman–Crippen LogP) is 3.23. The molecule has 146 valence electrons.